The van der Waals surface area contributed by atoms with E-state index in [1.807, 2.05) is 0 Å². The lowest BCUT2D eigenvalue weighted by Gasteiger charge is -2.37. The number of thiazole rings is 1. The second-order valence-electron chi connectivity index (χ2n) is 9.54. The number of ether oxygens (including phenoxy) is 2. The first-order chi connectivity index (χ1) is 19.9. The van der Waals surface area contributed by atoms with Crippen LogP contribution in [0, 0.1) is 0 Å². The molecule has 0 radical (unpaired) electrons. The molecule has 0 saturated carbocycles. The van der Waals surface area contributed by atoms with Gasteiger partial charge in [0.15, 0.2) is 5.13 Å². The van der Waals surface area contributed by atoms with Gasteiger partial charge < -0.3 is 14.8 Å². The zero-order valence-electron chi connectivity index (χ0n) is 21.7. The number of anilines is 1. The van der Waals surface area contributed by atoms with Crippen LogP contribution in [0.25, 0.3) is 0 Å². The third-order valence-electron chi connectivity index (χ3n) is 6.58. The fourth-order valence-corrected chi connectivity index (χ4v) is 5.99. The number of rotatable bonds is 8. The molecule has 0 unspecified atom stereocenters. The number of benzene rings is 3. The molecule has 0 aliphatic heterocycles. The van der Waals surface area contributed by atoms with Crippen LogP contribution >= 0.6 is 11.3 Å². The Hall–Kier alpha value is -4.26. The molecule has 0 saturated heterocycles. The molecule has 3 aromatic carbocycles. The van der Waals surface area contributed by atoms with Crippen molar-refractivity contribution in [3.8, 4) is 11.5 Å². The lowest BCUT2D eigenvalue weighted by Crippen LogP contribution is -2.50. The first-order valence-corrected chi connectivity index (χ1v) is 13.5. The largest absolute Gasteiger partial charge is 0.573 e. The van der Waals surface area contributed by atoms with Crippen molar-refractivity contribution in [1.29, 1.82) is 0 Å². The SMILES string of the molecule is O=C(Nc1nc2c(s1)CCC2)NC(Cc1ccccc1)(c1cccc(OC(F)(F)F)c1)c1cccc(OC(F)(F)F)c1. The van der Waals surface area contributed by atoms with Crippen LogP contribution in [0.15, 0.2) is 78.9 Å². The maximum Gasteiger partial charge on any atom is 0.573 e. The summed E-state index contributed by atoms with van der Waals surface area (Å²) < 4.78 is 87.1. The molecule has 1 heterocycles. The van der Waals surface area contributed by atoms with Crippen molar-refractivity contribution in [1.82, 2.24) is 10.3 Å². The van der Waals surface area contributed by atoms with Crippen LogP contribution in [0.2, 0.25) is 0 Å². The van der Waals surface area contributed by atoms with Crippen molar-refractivity contribution in [2.24, 2.45) is 0 Å². The predicted octanol–water partition coefficient (Wildman–Crippen LogP) is 7.74. The fourth-order valence-electron chi connectivity index (χ4n) is 4.94. The van der Waals surface area contributed by atoms with Gasteiger partial charge in [-0.05, 0) is 60.2 Å². The minimum Gasteiger partial charge on any atom is -0.406 e. The number of fused-ring (bicyclic) bond motifs is 1. The van der Waals surface area contributed by atoms with E-state index in [1.54, 1.807) is 30.3 Å². The van der Waals surface area contributed by atoms with Crippen LogP contribution in [-0.2, 0) is 24.8 Å². The van der Waals surface area contributed by atoms with Gasteiger partial charge in [0.25, 0.3) is 0 Å². The van der Waals surface area contributed by atoms with Crippen LogP contribution < -0.4 is 20.1 Å². The quantitative estimate of drug-likeness (QED) is 0.201. The number of aromatic nitrogens is 1. The average Bonchev–Trinajstić information content (AvgIpc) is 3.49. The van der Waals surface area contributed by atoms with Crippen molar-refractivity contribution in [3.05, 3.63) is 106 Å². The van der Waals surface area contributed by atoms with Crippen LogP contribution in [-0.4, -0.2) is 23.7 Å². The average molecular weight is 608 g/mol. The van der Waals surface area contributed by atoms with Crippen LogP contribution in [0.3, 0.4) is 0 Å². The number of nitrogens with zero attached hydrogens (tertiary/aromatic N) is 1. The molecule has 6 nitrogen and oxygen atoms in total. The molecule has 0 fully saturated rings. The molecular weight excluding hydrogens is 584 g/mol. The van der Waals surface area contributed by atoms with Gasteiger partial charge in [-0.3, -0.25) is 5.32 Å². The monoisotopic (exact) mass is 607 g/mol. The molecule has 4 aromatic rings. The molecule has 42 heavy (non-hydrogen) atoms. The number of halogens is 6. The van der Waals surface area contributed by atoms with Gasteiger partial charge >= 0.3 is 18.8 Å². The molecule has 1 aliphatic rings. The van der Waals surface area contributed by atoms with E-state index in [0.29, 0.717) is 10.7 Å². The van der Waals surface area contributed by atoms with Crippen LogP contribution in [0.5, 0.6) is 11.5 Å². The van der Waals surface area contributed by atoms with Gasteiger partial charge in [-0.25, -0.2) is 9.78 Å². The summed E-state index contributed by atoms with van der Waals surface area (Å²) in [5.74, 6) is -1.14. The Labute approximate surface area is 240 Å². The smallest absolute Gasteiger partial charge is 0.406 e. The molecule has 0 atom stereocenters. The predicted molar refractivity (Wildman–Crippen MR) is 143 cm³/mol. The van der Waals surface area contributed by atoms with Crippen molar-refractivity contribution < 1.29 is 40.6 Å². The normalized spacial score (nSPS) is 13.4. The van der Waals surface area contributed by atoms with Gasteiger partial charge in [-0.2, -0.15) is 0 Å². The fraction of sp³-hybridized carbons (Fsp3) is 0.241. The first-order valence-electron chi connectivity index (χ1n) is 12.7. The molecule has 2 N–H and O–H groups in total. The molecule has 220 valence electrons. The molecule has 0 bridgehead atoms. The summed E-state index contributed by atoms with van der Waals surface area (Å²) in [5.41, 5.74) is 0.0692. The first kappa shape index (κ1) is 29.2. The Morgan fingerprint density at radius 1 is 0.810 bits per heavy atom. The summed E-state index contributed by atoms with van der Waals surface area (Å²) in [6.45, 7) is 0. The van der Waals surface area contributed by atoms with Gasteiger partial charge in [0, 0.05) is 11.3 Å². The summed E-state index contributed by atoms with van der Waals surface area (Å²) in [6, 6.07) is 17.8. The zero-order valence-corrected chi connectivity index (χ0v) is 22.5. The van der Waals surface area contributed by atoms with Gasteiger partial charge in [0.2, 0.25) is 0 Å². The van der Waals surface area contributed by atoms with Gasteiger partial charge in [-0.15, -0.1) is 37.7 Å². The third kappa shape index (κ3) is 7.14. The maximum absolute atomic E-state index is 13.5. The zero-order chi connectivity index (χ0) is 30.0. The van der Waals surface area contributed by atoms with Crippen molar-refractivity contribution in [2.45, 2.75) is 43.9 Å². The molecule has 5 rings (SSSR count). The van der Waals surface area contributed by atoms with E-state index in [0.717, 1.165) is 54.1 Å². The summed E-state index contributed by atoms with van der Waals surface area (Å²) in [5, 5.41) is 5.87. The Bertz CT molecular complexity index is 1480. The Balaban J connectivity index is 1.63. The Morgan fingerprint density at radius 2 is 1.40 bits per heavy atom. The minimum absolute atomic E-state index is 0.0550. The molecule has 13 heteroatoms. The number of amides is 2. The molecular formula is C29H23F6N3O3S. The summed E-state index contributed by atoms with van der Waals surface area (Å²) in [4.78, 5) is 19.0. The number of carbonyl (C=O) groups excluding carboxylic acids is 1. The summed E-state index contributed by atoms with van der Waals surface area (Å²) >= 11 is 1.32. The number of hydrogen-bond acceptors (Lipinski definition) is 5. The van der Waals surface area contributed by atoms with Gasteiger partial charge in [-0.1, -0.05) is 54.6 Å². The highest BCUT2D eigenvalue weighted by molar-refractivity contribution is 7.15. The highest BCUT2D eigenvalue weighted by Crippen LogP contribution is 2.39. The van der Waals surface area contributed by atoms with E-state index >= 15 is 0 Å². The molecule has 0 spiro atoms. The third-order valence-corrected chi connectivity index (χ3v) is 7.65. The van der Waals surface area contributed by atoms with Crippen molar-refractivity contribution >= 4 is 22.5 Å². The molecule has 1 aliphatic carbocycles. The number of urea groups is 1. The van der Waals surface area contributed by atoms with E-state index in [4.69, 9.17) is 0 Å². The maximum atomic E-state index is 13.5. The number of alkyl halides is 6. The van der Waals surface area contributed by atoms with Gasteiger partial charge in [0.1, 0.15) is 11.5 Å². The van der Waals surface area contributed by atoms with Gasteiger partial charge in [0.05, 0.1) is 11.2 Å². The van der Waals surface area contributed by atoms with E-state index in [9.17, 15) is 31.1 Å². The number of nitrogens with one attached hydrogen (secondary N) is 2. The Morgan fingerprint density at radius 3 is 1.95 bits per heavy atom. The topological polar surface area (TPSA) is 72.5 Å². The standard InChI is InChI=1S/C29H23F6N3O3S/c30-28(31,32)40-21-11-4-9-19(15-21)27(17-18-7-2-1-3-8-18,20-10-5-12-22(16-20)41-29(33,34)35)38-25(39)37-26-36-23-13-6-14-24(23)42-26/h1-5,7-12,15-16H,6,13-14,17H2,(H2,36,37,38,39). The Kier molecular flexibility index (Phi) is 8.04. The van der Waals surface area contributed by atoms with Crippen molar-refractivity contribution in [3.63, 3.8) is 0 Å². The van der Waals surface area contributed by atoms with E-state index in [1.165, 1.54) is 35.6 Å². The molecule has 1 aromatic heterocycles. The van der Waals surface area contributed by atoms with E-state index < -0.39 is 35.8 Å². The number of aryl methyl sites for hydroxylation is 2. The van der Waals surface area contributed by atoms with E-state index in [2.05, 4.69) is 25.1 Å². The number of carbonyl (C=O) groups is 1. The highest BCUT2D eigenvalue weighted by Gasteiger charge is 2.39. The van der Waals surface area contributed by atoms with E-state index in [-0.39, 0.29) is 17.5 Å². The van der Waals surface area contributed by atoms with Crippen molar-refractivity contribution in [2.75, 3.05) is 5.32 Å². The number of hydrogen-bond donors (Lipinski definition) is 2. The second-order valence-corrected chi connectivity index (χ2v) is 10.6. The summed E-state index contributed by atoms with van der Waals surface area (Å²) in [6.07, 6.45) is -7.47. The second kappa shape index (κ2) is 11.6. The summed E-state index contributed by atoms with van der Waals surface area (Å²) in [7, 11) is 0. The van der Waals surface area contributed by atoms with Crippen LogP contribution in [0.4, 0.5) is 36.3 Å². The minimum atomic E-state index is -5.00. The molecule has 2 amide bonds. The van der Waals surface area contributed by atoms with Crippen LogP contribution in [0.1, 0.15) is 33.7 Å². The highest BCUT2D eigenvalue weighted by atomic mass is 32.1. The lowest BCUT2D eigenvalue weighted by molar-refractivity contribution is -0.275. The lowest BCUT2D eigenvalue weighted by atomic mass is 9.77.